The minimum absolute atomic E-state index is 0.495. The average molecular weight is 179 g/mol. The van der Waals surface area contributed by atoms with Crippen LogP contribution in [0, 0.1) is 0 Å². The predicted molar refractivity (Wildman–Crippen MR) is 47.9 cm³/mol. The summed E-state index contributed by atoms with van der Waals surface area (Å²) in [6.45, 7) is 2.06. The molecule has 0 radical (unpaired) electrons. The van der Waals surface area contributed by atoms with Crippen molar-refractivity contribution in [2.45, 2.75) is 38.5 Å². The molecule has 0 aliphatic heterocycles. The van der Waals surface area contributed by atoms with E-state index in [4.69, 9.17) is 4.52 Å². The number of aryl methyl sites for hydroxylation is 1. The van der Waals surface area contributed by atoms with Crippen LogP contribution < -0.4 is 0 Å². The molecule has 0 atom stereocenters. The van der Waals surface area contributed by atoms with Crippen molar-refractivity contribution in [3.05, 3.63) is 17.0 Å². The number of hydrogen-bond acceptors (Lipinski definition) is 3. The summed E-state index contributed by atoms with van der Waals surface area (Å²) in [7, 11) is 0. The lowest BCUT2D eigenvalue weighted by atomic mass is 10.1. The molecule has 0 spiro atoms. The summed E-state index contributed by atoms with van der Waals surface area (Å²) in [6.07, 6.45) is 4.99. The summed E-state index contributed by atoms with van der Waals surface area (Å²) in [5, 5.41) is 3.96. The van der Waals surface area contributed by atoms with Crippen molar-refractivity contribution in [3.8, 4) is 0 Å². The first-order chi connectivity index (χ1) is 6.36. The Morgan fingerprint density at radius 2 is 2.38 bits per heavy atom. The number of carbonyl (C=O) groups excluding carboxylic acids is 1. The van der Waals surface area contributed by atoms with Crippen LogP contribution in [0.1, 0.15) is 53.9 Å². The molecular formula is C10H13NO2. The Kier molecular flexibility index (Phi) is 2.17. The van der Waals surface area contributed by atoms with Gasteiger partial charge in [-0.05, 0) is 19.3 Å². The van der Waals surface area contributed by atoms with Gasteiger partial charge in [-0.15, -0.1) is 0 Å². The van der Waals surface area contributed by atoms with Gasteiger partial charge in [0.25, 0.3) is 0 Å². The van der Waals surface area contributed by atoms with Crippen LogP contribution in [0.5, 0.6) is 0 Å². The molecule has 1 saturated carbocycles. The van der Waals surface area contributed by atoms with Crippen LogP contribution in [0.25, 0.3) is 0 Å². The number of aromatic nitrogens is 1. The number of carbonyl (C=O) groups is 1. The van der Waals surface area contributed by atoms with Crippen LogP contribution in [0.15, 0.2) is 4.52 Å². The Labute approximate surface area is 77.1 Å². The van der Waals surface area contributed by atoms with Gasteiger partial charge >= 0.3 is 0 Å². The van der Waals surface area contributed by atoms with Gasteiger partial charge in [-0.2, -0.15) is 0 Å². The maximum Gasteiger partial charge on any atom is 0.155 e. The predicted octanol–water partition coefficient (Wildman–Crippen LogP) is 2.32. The first kappa shape index (κ1) is 8.48. The number of aldehydes is 1. The summed E-state index contributed by atoms with van der Waals surface area (Å²) in [4.78, 5) is 10.8. The van der Waals surface area contributed by atoms with Crippen LogP contribution in [0.4, 0.5) is 0 Å². The molecule has 0 bridgehead atoms. The Hall–Kier alpha value is -1.12. The summed E-state index contributed by atoms with van der Waals surface area (Å²) < 4.78 is 5.15. The molecule has 1 heterocycles. The normalized spacial score (nSPS) is 16.1. The van der Waals surface area contributed by atoms with Crippen LogP contribution in [0.2, 0.25) is 0 Å². The van der Waals surface area contributed by atoms with Crippen molar-refractivity contribution in [2.75, 3.05) is 0 Å². The molecule has 0 unspecified atom stereocenters. The minimum Gasteiger partial charge on any atom is -0.360 e. The zero-order valence-electron chi connectivity index (χ0n) is 7.75. The van der Waals surface area contributed by atoms with E-state index in [1.54, 1.807) is 0 Å². The third-order valence-electron chi connectivity index (χ3n) is 2.39. The van der Waals surface area contributed by atoms with Crippen LogP contribution in [-0.2, 0) is 6.42 Å². The van der Waals surface area contributed by atoms with E-state index in [0.717, 1.165) is 43.4 Å². The lowest BCUT2D eigenvalue weighted by Gasteiger charge is -1.92. The van der Waals surface area contributed by atoms with E-state index in [-0.39, 0.29) is 0 Å². The molecule has 1 fully saturated rings. The average Bonchev–Trinajstić information content (AvgIpc) is 2.89. The minimum atomic E-state index is 0.495. The maximum absolute atomic E-state index is 10.8. The first-order valence-corrected chi connectivity index (χ1v) is 4.80. The summed E-state index contributed by atoms with van der Waals surface area (Å²) in [6, 6.07) is 0. The molecule has 13 heavy (non-hydrogen) atoms. The van der Waals surface area contributed by atoms with E-state index < -0.39 is 0 Å². The van der Waals surface area contributed by atoms with Gasteiger partial charge in [-0.25, -0.2) is 0 Å². The molecule has 0 N–H and O–H groups in total. The zero-order chi connectivity index (χ0) is 9.26. The highest BCUT2D eigenvalue weighted by Gasteiger charge is 2.31. The van der Waals surface area contributed by atoms with Crippen LogP contribution >= 0.6 is 0 Å². The second-order valence-corrected chi connectivity index (χ2v) is 3.55. The van der Waals surface area contributed by atoms with Gasteiger partial charge in [0.05, 0.1) is 11.3 Å². The summed E-state index contributed by atoms with van der Waals surface area (Å²) >= 11 is 0. The SMILES string of the molecule is CCCc1onc(C2CC2)c1C=O. The number of nitrogens with zero attached hydrogens (tertiary/aromatic N) is 1. The Morgan fingerprint density at radius 1 is 1.62 bits per heavy atom. The fraction of sp³-hybridized carbons (Fsp3) is 0.600. The third kappa shape index (κ3) is 1.50. The van der Waals surface area contributed by atoms with Gasteiger partial charge in [-0.3, -0.25) is 4.79 Å². The van der Waals surface area contributed by atoms with Crippen molar-refractivity contribution in [1.82, 2.24) is 5.16 Å². The Balaban J connectivity index is 2.29. The molecule has 0 amide bonds. The van der Waals surface area contributed by atoms with Crippen molar-refractivity contribution >= 4 is 6.29 Å². The fourth-order valence-electron chi connectivity index (χ4n) is 1.53. The quantitative estimate of drug-likeness (QED) is 0.666. The van der Waals surface area contributed by atoms with Gasteiger partial charge < -0.3 is 4.52 Å². The Morgan fingerprint density at radius 3 is 2.92 bits per heavy atom. The largest absolute Gasteiger partial charge is 0.360 e. The van der Waals surface area contributed by atoms with E-state index in [1.165, 1.54) is 0 Å². The molecular weight excluding hydrogens is 166 g/mol. The molecule has 70 valence electrons. The van der Waals surface area contributed by atoms with Crippen molar-refractivity contribution in [3.63, 3.8) is 0 Å². The molecule has 0 aromatic carbocycles. The van der Waals surface area contributed by atoms with E-state index in [9.17, 15) is 4.79 Å². The highest BCUT2D eigenvalue weighted by molar-refractivity contribution is 5.78. The van der Waals surface area contributed by atoms with Gasteiger partial charge in [-0.1, -0.05) is 12.1 Å². The van der Waals surface area contributed by atoms with Gasteiger partial charge in [0, 0.05) is 12.3 Å². The van der Waals surface area contributed by atoms with Crippen molar-refractivity contribution in [1.29, 1.82) is 0 Å². The maximum atomic E-state index is 10.8. The second-order valence-electron chi connectivity index (χ2n) is 3.55. The fourth-order valence-corrected chi connectivity index (χ4v) is 1.53. The molecule has 1 aliphatic rings. The third-order valence-corrected chi connectivity index (χ3v) is 2.39. The highest BCUT2D eigenvalue weighted by atomic mass is 16.5. The van der Waals surface area contributed by atoms with Gasteiger partial charge in [0.2, 0.25) is 0 Å². The smallest absolute Gasteiger partial charge is 0.155 e. The number of rotatable bonds is 4. The molecule has 3 heteroatoms. The highest BCUT2D eigenvalue weighted by Crippen LogP contribution is 2.41. The van der Waals surface area contributed by atoms with Crippen molar-refractivity contribution in [2.24, 2.45) is 0 Å². The van der Waals surface area contributed by atoms with Gasteiger partial charge in [0.1, 0.15) is 5.76 Å². The molecule has 1 aliphatic carbocycles. The van der Waals surface area contributed by atoms with E-state index in [0.29, 0.717) is 11.5 Å². The topological polar surface area (TPSA) is 43.1 Å². The Bertz CT molecular complexity index is 313. The molecule has 0 saturated heterocycles. The monoisotopic (exact) mass is 179 g/mol. The van der Waals surface area contributed by atoms with Crippen LogP contribution in [0.3, 0.4) is 0 Å². The van der Waals surface area contributed by atoms with Crippen LogP contribution in [-0.4, -0.2) is 11.4 Å². The lowest BCUT2D eigenvalue weighted by Crippen LogP contribution is -1.91. The van der Waals surface area contributed by atoms with E-state index in [2.05, 4.69) is 12.1 Å². The molecule has 2 rings (SSSR count). The number of hydrogen-bond donors (Lipinski definition) is 0. The van der Waals surface area contributed by atoms with Crippen molar-refractivity contribution < 1.29 is 9.32 Å². The molecule has 1 aromatic rings. The second kappa shape index (κ2) is 3.32. The summed E-state index contributed by atoms with van der Waals surface area (Å²) in [5.74, 6) is 1.26. The zero-order valence-corrected chi connectivity index (χ0v) is 7.75. The van der Waals surface area contributed by atoms with E-state index in [1.807, 2.05) is 0 Å². The van der Waals surface area contributed by atoms with E-state index >= 15 is 0 Å². The first-order valence-electron chi connectivity index (χ1n) is 4.80. The molecule has 1 aromatic heterocycles. The standard InChI is InChI=1S/C10H13NO2/c1-2-3-9-8(6-12)10(11-13-9)7-4-5-7/h6-7H,2-5H2,1H3. The molecule has 3 nitrogen and oxygen atoms in total. The van der Waals surface area contributed by atoms with Gasteiger partial charge in [0.15, 0.2) is 6.29 Å². The summed E-state index contributed by atoms with van der Waals surface area (Å²) in [5.41, 5.74) is 1.60. The lowest BCUT2D eigenvalue weighted by molar-refractivity contribution is 0.112.